The molecule has 0 aromatic carbocycles. The lowest BCUT2D eigenvalue weighted by molar-refractivity contribution is 0.0899. The van der Waals surface area contributed by atoms with Gasteiger partial charge in [-0.1, -0.05) is 19.6 Å². The largest absolute Gasteiger partial charge is 0.365 e. The van der Waals surface area contributed by atoms with Gasteiger partial charge in [0.15, 0.2) is 5.65 Å². The normalized spacial score (nSPS) is 17.6. The number of nitrogens with zero attached hydrogens (tertiary/aromatic N) is 5. The Bertz CT molecular complexity index is 1220. The van der Waals surface area contributed by atoms with E-state index >= 15 is 0 Å². The van der Waals surface area contributed by atoms with E-state index in [2.05, 4.69) is 34.9 Å². The third kappa shape index (κ3) is 5.97. The van der Waals surface area contributed by atoms with Crippen LogP contribution in [0.15, 0.2) is 36.8 Å². The van der Waals surface area contributed by atoms with Gasteiger partial charge in [0.1, 0.15) is 18.1 Å². The lowest BCUT2D eigenvalue weighted by Gasteiger charge is -2.17. The number of hydrogen-bond acceptors (Lipinski definition) is 7. The van der Waals surface area contributed by atoms with Crippen LogP contribution >= 0.6 is 0 Å². The summed E-state index contributed by atoms with van der Waals surface area (Å²) in [5.74, 6) is 0.681. The molecule has 0 amide bonds. The quantitative estimate of drug-likeness (QED) is 0.364. The Morgan fingerprint density at radius 2 is 2.06 bits per heavy atom. The van der Waals surface area contributed by atoms with Gasteiger partial charge in [-0.2, -0.15) is 0 Å². The van der Waals surface area contributed by atoms with Gasteiger partial charge < -0.3 is 14.6 Å². The van der Waals surface area contributed by atoms with E-state index in [-0.39, 0.29) is 6.04 Å². The first-order valence-corrected chi connectivity index (χ1v) is 16.7. The second-order valence-corrected chi connectivity index (χ2v) is 17.4. The van der Waals surface area contributed by atoms with Crippen LogP contribution < -0.4 is 5.32 Å². The van der Waals surface area contributed by atoms with E-state index in [1.807, 2.05) is 29.0 Å². The Balaban J connectivity index is 1.48. The van der Waals surface area contributed by atoms with Crippen LogP contribution in [-0.2, 0) is 21.5 Å². The molecule has 178 valence electrons. The summed E-state index contributed by atoms with van der Waals surface area (Å²) in [7, 11) is -4.30. The molecule has 0 spiro atoms. The first-order valence-electron chi connectivity index (χ1n) is 11.2. The van der Waals surface area contributed by atoms with Crippen molar-refractivity contribution in [1.82, 2.24) is 23.8 Å². The minimum absolute atomic E-state index is 0.000503. The van der Waals surface area contributed by atoms with E-state index < -0.39 is 18.1 Å². The molecule has 0 saturated carbocycles. The molecule has 1 unspecified atom stereocenters. The molecular weight excluding hydrogens is 456 g/mol. The van der Waals surface area contributed by atoms with Gasteiger partial charge in [0.2, 0.25) is 10.0 Å². The Morgan fingerprint density at radius 3 is 2.79 bits per heavy atom. The molecule has 3 aromatic heterocycles. The Hall–Kier alpha value is -2.34. The van der Waals surface area contributed by atoms with Crippen LogP contribution in [0.5, 0.6) is 0 Å². The summed E-state index contributed by atoms with van der Waals surface area (Å²) in [5.41, 5.74) is 3.13. The molecule has 4 heterocycles. The maximum atomic E-state index is 11.8. The highest BCUT2D eigenvalue weighted by molar-refractivity contribution is 7.88. The summed E-state index contributed by atoms with van der Waals surface area (Å²) in [6.07, 6.45) is 7.39. The molecule has 1 aliphatic heterocycles. The standard InChI is InChI=1S/C22H32N6O3SSi/c1-32(29,30)28-11-7-17(15-28)25-21-18(6-5-9-23-21)20-14-24-22-19(26-20)8-10-27(22)16-31-12-13-33(2,3)4/h5-6,8-10,14,17H,7,11-13,15-16H2,1-4H3,(H,23,25). The fourth-order valence-corrected chi connectivity index (χ4v) is 5.45. The monoisotopic (exact) mass is 488 g/mol. The molecule has 0 bridgehead atoms. The SMILES string of the molecule is C[Si](C)(C)CCOCn1ccc2nc(-c3cccnc3NC3CCN(S(C)(=O)=O)C3)cnc21. The smallest absolute Gasteiger partial charge is 0.211 e. The molecule has 0 aliphatic carbocycles. The molecule has 4 rings (SSSR count). The average Bonchev–Trinajstić information content (AvgIpc) is 3.38. The summed E-state index contributed by atoms with van der Waals surface area (Å²) in [6.45, 7) is 9.17. The predicted molar refractivity (Wildman–Crippen MR) is 133 cm³/mol. The van der Waals surface area contributed by atoms with Gasteiger partial charge >= 0.3 is 0 Å². The van der Waals surface area contributed by atoms with Crippen LogP contribution in [0.1, 0.15) is 6.42 Å². The van der Waals surface area contributed by atoms with Crippen LogP contribution in [0.2, 0.25) is 25.7 Å². The Labute approximate surface area is 196 Å². The summed E-state index contributed by atoms with van der Waals surface area (Å²) in [6, 6.07) is 6.88. The zero-order chi connectivity index (χ0) is 23.6. The molecule has 0 radical (unpaired) electrons. The second-order valence-electron chi connectivity index (χ2n) is 9.75. The van der Waals surface area contributed by atoms with Crippen LogP contribution in [0, 0.1) is 0 Å². The minimum Gasteiger partial charge on any atom is -0.365 e. The molecule has 9 nitrogen and oxygen atoms in total. The van der Waals surface area contributed by atoms with Crippen LogP contribution in [-0.4, -0.2) is 72.3 Å². The van der Waals surface area contributed by atoms with Crippen molar-refractivity contribution in [3.05, 3.63) is 36.8 Å². The summed E-state index contributed by atoms with van der Waals surface area (Å²) in [4.78, 5) is 13.9. The van der Waals surface area contributed by atoms with Gasteiger partial charge in [-0.05, 0) is 30.7 Å². The van der Waals surface area contributed by atoms with Gasteiger partial charge in [0, 0.05) is 51.8 Å². The minimum atomic E-state index is -3.19. The summed E-state index contributed by atoms with van der Waals surface area (Å²) < 4.78 is 33.0. The average molecular weight is 489 g/mol. The number of anilines is 1. The molecule has 1 saturated heterocycles. The molecule has 1 atom stereocenters. The van der Waals surface area contributed by atoms with Crippen molar-refractivity contribution >= 4 is 35.1 Å². The van der Waals surface area contributed by atoms with E-state index in [0.29, 0.717) is 31.3 Å². The molecule has 1 fully saturated rings. The molecule has 3 aromatic rings. The molecular formula is C22H32N6O3SSi. The van der Waals surface area contributed by atoms with Gasteiger partial charge in [0.05, 0.1) is 18.1 Å². The fourth-order valence-electron chi connectivity index (χ4n) is 3.80. The zero-order valence-electron chi connectivity index (χ0n) is 19.7. The van der Waals surface area contributed by atoms with Gasteiger partial charge in [-0.15, -0.1) is 0 Å². The number of sulfonamides is 1. The third-order valence-corrected chi connectivity index (χ3v) is 8.71. The molecule has 33 heavy (non-hydrogen) atoms. The van der Waals surface area contributed by atoms with Crippen molar-refractivity contribution in [2.45, 2.75) is 44.9 Å². The first-order chi connectivity index (χ1) is 15.6. The van der Waals surface area contributed by atoms with Gasteiger partial charge in [-0.25, -0.2) is 27.7 Å². The van der Waals surface area contributed by atoms with Crippen LogP contribution in [0.4, 0.5) is 5.82 Å². The van der Waals surface area contributed by atoms with Crippen molar-refractivity contribution in [3.8, 4) is 11.3 Å². The van der Waals surface area contributed by atoms with Crippen molar-refractivity contribution in [2.24, 2.45) is 0 Å². The number of aromatic nitrogens is 4. The van der Waals surface area contributed by atoms with Gasteiger partial charge in [0.25, 0.3) is 0 Å². The van der Waals surface area contributed by atoms with Crippen LogP contribution in [0.3, 0.4) is 0 Å². The fraction of sp³-hybridized carbons (Fsp3) is 0.500. The number of rotatable bonds is 9. The maximum Gasteiger partial charge on any atom is 0.211 e. The topological polar surface area (TPSA) is 102 Å². The first kappa shape index (κ1) is 23.8. The van der Waals surface area contributed by atoms with E-state index in [1.54, 1.807) is 12.4 Å². The number of nitrogens with one attached hydrogen (secondary N) is 1. The van der Waals surface area contributed by atoms with E-state index in [4.69, 9.17) is 9.72 Å². The van der Waals surface area contributed by atoms with Crippen molar-refractivity contribution in [3.63, 3.8) is 0 Å². The third-order valence-electron chi connectivity index (χ3n) is 5.73. The number of fused-ring (bicyclic) bond motifs is 1. The molecule has 1 aliphatic rings. The van der Waals surface area contributed by atoms with Crippen LogP contribution in [0.25, 0.3) is 22.4 Å². The predicted octanol–water partition coefficient (Wildman–Crippen LogP) is 3.25. The number of hydrogen-bond donors (Lipinski definition) is 1. The van der Waals surface area contributed by atoms with E-state index in [0.717, 1.165) is 35.8 Å². The Kier molecular flexibility index (Phi) is 6.85. The highest BCUT2D eigenvalue weighted by Gasteiger charge is 2.29. The van der Waals surface area contributed by atoms with Gasteiger partial charge in [-0.3, -0.25) is 0 Å². The molecule has 11 heteroatoms. The highest BCUT2D eigenvalue weighted by atomic mass is 32.2. The number of ether oxygens (including phenoxy) is 1. The molecule has 1 N–H and O–H groups in total. The highest BCUT2D eigenvalue weighted by Crippen LogP contribution is 2.27. The van der Waals surface area contributed by atoms with E-state index in [9.17, 15) is 8.42 Å². The lowest BCUT2D eigenvalue weighted by atomic mass is 10.1. The van der Waals surface area contributed by atoms with Crippen molar-refractivity contribution in [2.75, 3.05) is 31.3 Å². The summed E-state index contributed by atoms with van der Waals surface area (Å²) in [5, 5.41) is 3.40. The second kappa shape index (κ2) is 9.49. The number of pyridine rings is 1. The van der Waals surface area contributed by atoms with E-state index in [1.165, 1.54) is 10.6 Å². The maximum absolute atomic E-state index is 11.8. The zero-order valence-corrected chi connectivity index (χ0v) is 21.5. The summed E-state index contributed by atoms with van der Waals surface area (Å²) >= 11 is 0. The Morgan fingerprint density at radius 1 is 1.24 bits per heavy atom. The lowest BCUT2D eigenvalue weighted by Crippen LogP contribution is -2.30. The van der Waals surface area contributed by atoms with Crippen molar-refractivity contribution < 1.29 is 13.2 Å². The van der Waals surface area contributed by atoms with Crippen molar-refractivity contribution in [1.29, 1.82) is 0 Å².